The Bertz CT molecular complexity index is 667. The Kier molecular flexibility index (Phi) is 6.45. The van der Waals surface area contributed by atoms with Crippen LogP contribution in [0.3, 0.4) is 0 Å². The number of benzene rings is 1. The molecule has 0 spiro atoms. The van der Waals surface area contributed by atoms with Crippen LogP contribution in [-0.2, 0) is 16.1 Å². The van der Waals surface area contributed by atoms with Gasteiger partial charge in [-0.2, -0.15) is 0 Å². The van der Waals surface area contributed by atoms with Gasteiger partial charge in [0.05, 0.1) is 6.04 Å². The fourth-order valence-corrected chi connectivity index (χ4v) is 3.31. The second-order valence-corrected chi connectivity index (χ2v) is 7.43. The first-order valence-corrected chi connectivity index (χ1v) is 9.70. The maximum atomic E-state index is 12.4. The molecule has 27 heavy (non-hydrogen) atoms. The largest absolute Gasteiger partial charge is 0.352 e. The van der Waals surface area contributed by atoms with Crippen LogP contribution < -0.4 is 16.0 Å². The highest BCUT2D eigenvalue weighted by Gasteiger charge is 2.31. The first-order valence-electron chi connectivity index (χ1n) is 9.70. The van der Waals surface area contributed by atoms with Gasteiger partial charge in [0.2, 0.25) is 11.8 Å². The molecule has 1 aromatic carbocycles. The van der Waals surface area contributed by atoms with Gasteiger partial charge in [-0.25, -0.2) is 4.79 Å². The average Bonchev–Trinajstić information content (AvgIpc) is 3.50. The molecule has 3 N–H and O–H groups in total. The van der Waals surface area contributed by atoms with E-state index in [-0.39, 0.29) is 29.8 Å². The van der Waals surface area contributed by atoms with Crippen molar-refractivity contribution in [1.82, 2.24) is 20.9 Å². The summed E-state index contributed by atoms with van der Waals surface area (Å²) in [6.07, 6.45) is 3.40. The summed E-state index contributed by atoms with van der Waals surface area (Å²) in [5.41, 5.74) is 1.08. The summed E-state index contributed by atoms with van der Waals surface area (Å²) in [5.74, 6) is -0.252. The third-order valence-corrected chi connectivity index (χ3v) is 5.29. The van der Waals surface area contributed by atoms with Crippen molar-refractivity contribution >= 4 is 17.8 Å². The lowest BCUT2D eigenvalue weighted by Crippen LogP contribution is -2.52. The summed E-state index contributed by atoms with van der Waals surface area (Å²) in [5, 5.41) is 8.16. The van der Waals surface area contributed by atoms with E-state index in [1.54, 1.807) is 6.92 Å². The number of likely N-dealkylation sites (tertiary alicyclic amines) is 1. The summed E-state index contributed by atoms with van der Waals surface area (Å²) >= 11 is 0. The third-order valence-electron chi connectivity index (χ3n) is 5.29. The van der Waals surface area contributed by atoms with Crippen molar-refractivity contribution in [2.75, 3.05) is 13.1 Å². The van der Waals surface area contributed by atoms with Crippen LogP contribution in [0.25, 0.3) is 0 Å². The van der Waals surface area contributed by atoms with Crippen molar-refractivity contribution in [1.29, 1.82) is 0 Å². The molecular formula is C20H28N4O3. The molecule has 2 aliphatic rings. The number of rotatable bonds is 6. The quantitative estimate of drug-likeness (QED) is 0.704. The lowest BCUT2D eigenvalue weighted by atomic mass is 9.95. The van der Waals surface area contributed by atoms with E-state index in [9.17, 15) is 14.4 Å². The number of imide groups is 1. The van der Waals surface area contributed by atoms with Gasteiger partial charge in [0.25, 0.3) is 0 Å². The van der Waals surface area contributed by atoms with E-state index >= 15 is 0 Å². The molecule has 0 radical (unpaired) electrons. The summed E-state index contributed by atoms with van der Waals surface area (Å²) in [6, 6.07) is 9.26. The minimum atomic E-state index is -0.412. The summed E-state index contributed by atoms with van der Waals surface area (Å²) < 4.78 is 0. The van der Waals surface area contributed by atoms with Crippen molar-refractivity contribution in [3.63, 3.8) is 0 Å². The van der Waals surface area contributed by atoms with Crippen LogP contribution in [0.15, 0.2) is 30.3 Å². The first-order chi connectivity index (χ1) is 13.0. The number of carbonyl (C=O) groups excluding carboxylic acids is 3. The topological polar surface area (TPSA) is 90.5 Å². The van der Waals surface area contributed by atoms with Crippen molar-refractivity contribution in [3.8, 4) is 0 Å². The minimum Gasteiger partial charge on any atom is -0.352 e. The zero-order valence-corrected chi connectivity index (χ0v) is 15.7. The standard InChI is InChI=1S/C20H28N4O3/c1-14(18(25)23-20(27)22-17-7-8-17)24-11-9-16(10-12-24)19(26)21-13-15-5-3-2-4-6-15/h2-6,14,16-17H,7-13H2,1H3,(H,21,26)(H2,22,23,25,27)/t14-/m0/s1. The molecule has 1 aliphatic carbocycles. The molecule has 0 unspecified atom stereocenters. The molecule has 1 saturated heterocycles. The van der Waals surface area contributed by atoms with E-state index in [2.05, 4.69) is 16.0 Å². The number of hydrogen-bond acceptors (Lipinski definition) is 4. The van der Waals surface area contributed by atoms with Crippen LogP contribution in [0.1, 0.15) is 38.2 Å². The smallest absolute Gasteiger partial charge is 0.321 e. The number of piperidine rings is 1. The number of carbonyl (C=O) groups is 3. The van der Waals surface area contributed by atoms with E-state index in [1.165, 1.54) is 0 Å². The number of nitrogens with one attached hydrogen (secondary N) is 3. The normalized spacial score (nSPS) is 19.1. The molecule has 1 saturated carbocycles. The monoisotopic (exact) mass is 372 g/mol. The summed E-state index contributed by atoms with van der Waals surface area (Å²) in [7, 11) is 0. The Balaban J connectivity index is 1.38. The van der Waals surface area contributed by atoms with Crippen molar-refractivity contribution in [2.45, 2.75) is 51.2 Å². The van der Waals surface area contributed by atoms with Gasteiger partial charge >= 0.3 is 6.03 Å². The Morgan fingerprint density at radius 2 is 1.74 bits per heavy atom. The molecule has 0 aromatic heterocycles. The van der Waals surface area contributed by atoms with Crippen molar-refractivity contribution in [3.05, 3.63) is 35.9 Å². The third kappa shape index (κ3) is 5.79. The fourth-order valence-electron chi connectivity index (χ4n) is 3.31. The zero-order valence-electron chi connectivity index (χ0n) is 15.7. The SMILES string of the molecule is C[C@@H](C(=O)NC(=O)NC1CC1)N1CCC(C(=O)NCc2ccccc2)CC1. The van der Waals surface area contributed by atoms with Crippen LogP contribution in [-0.4, -0.2) is 47.9 Å². The van der Waals surface area contributed by atoms with Gasteiger partial charge in [-0.15, -0.1) is 0 Å². The van der Waals surface area contributed by atoms with Crippen LogP contribution in [0, 0.1) is 5.92 Å². The first kappa shape index (κ1) is 19.4. The summed E-state index contributed by atoms with van der Waals surface area (Å²) in [4.78, 5) is 38.3. The van der Waals surface area contributed by atoms with Crippen LogP contribution in [0.2, 0.25) is 0 Å². The Labute approximate surface area is 159 Å². The second-order valence-electron chi connectivity index (χ2n) is 7.43. The molecule has 1 heterocycles. The Morgan fingerprint density at radius 3 is 2.37 bits per heavy atom. The predicted molar refractivity (Wildman–Crippen MR) is 102 cm³/mol. The molecule has 1 atom stereocenters. The highest BCUT2D eigenvalue weighted by atomic mass is 16.2. The van der Waals surface area contributed by atoms with Crippen molar-refractivity contribution in [2.24, 2.45) is 5.92 Å². The van der Waals surface area contributed by atoms with Gasteiger partial charge in [-0.3, -0.25) is 19.8 Å². The molecular weight excluding hydrogens is 344 g/mol. The van der Waals surface area contributed by atoms with Crippen LogP contribution in [0.4, 0.5) is 4.79 Å². The Morgan fingerprint density at radius 1 is 1.07 bits per heavy atom. The summed E-state index contributed by atoms with van der Waals surface area (Å²) in [6.45, 7) is 3.68. The molecule has 1 aliphatic heterocycles. The van der Waals surface area contributed by atoms with Gasteiger partial charge in [-0.1, -0.05) is 30.3 Å². The lowest BCUT2D eigenvalue weighted by Gasteiger charge is -2.34. The molecule has 7 nitrogen and oxygen atoms in total. The van der Waals surface area contributed by atoms with E-state index in [1.807, 2.05) is 35.2 Å². The van der Waals surface area contributed by atoms with E-state index < -0.39 is 6.03 Å². The number of amides is 4. The van der Waals surface area contributed by atoms with Gasteiger partial charge in [0, 0.05) is 18.5 Å². The maximum Gasteiger partial charge on any atom is 0.321 e. The lowest BCUT2D eigenvalue weighted by molar-refractivity contribution is -0.128. The van der Waals surface area contributed by atoms with Gasteiger partial charge in [-0.05, 0) is 51.3 Å². The Hall–Kier alpha value is -2.41. The van der Waals surface area contributed by atoms with E-state index in [0.29, 0.717) is 32.5 Å². The predicted octanol–water partition coefficient (Wildman–Crippen LogP) is 1.39. The number of nitrogens with zero attached hydrogens (tertiary/aromatic N) is 1. The average molecular weight is 372 g/mol. The number of urea groups is 1. The molecule has 3 rings (SSSR count). The van der Waals surface area contributed by atoms with Crippen molar-refractivity contribution < 1.29 is 14.4 Å². The minimum absolute atomic E-state index is 0.0293. The fraction of sp³-hybridized carbons (Fsp3) is 0.550. The molecule has 1 aromatic rings. The maximum absolute atomic E-state index is 12.4. The van der Waals surface area contributed by atoms with Gasteiger partial charge in [0.15, 0.2) is 0 Å². The van der Waals surface area contributed by atoms with Crippen LogP contribution in [0.5, 0.6) is 0 Å². The molecule has 146 valence electrons. The zero-order chi connectivity index (χ0) is 19.2. The van der Waals surface area contributed by atoms with E-state index in [4.69, 9.17) is 0 Å². The highest BCUT2D eigenvalue weighted by molar-refractivity contribution is 5.97. The molecule has 7 heteroatoms. The van der Waals surface area contributed by atoms with E-state index in [0.717, 1.165) is 18.4 Å². The second kappa shape index (κ2) is 8.99. The van der Waals surface area contributed by atoms with Gasteiger partial charge in [0.1, 0.15) is 0 Å². The molecule has 0 bridgehead atoms. The van der Waals surface area contributed by atoms with Crippen LogP contribution >= 0.6 is 0 Å². The molecule has 2 fully saturated rings. The number of hydrogen-bond donors (Lipinski definition) is 3. The van der Waals surface area contributed by atoms with Gasteiger partial charge < -0.3 is 10.6 Å². The molecule has 4 amide bonds. The highest BCUT2D eigenvalue weighted by Crippen LogP contribution is 2.20.